The second kappa shape index (κ2) is 7.87. The average molecular weight is 387 g/mol. The largest absolute Gasteiger partial charge is 0.462 e. The van der Waals surface area contributed by atoms with E-state index in [0.29, 0.717) is 36.8 Å². The molecule has 0 saturated carbocycles. The van der Waals surface area contributed by atoms with E-state index >= 15 is 0 Å². The highest BCUT2D eigenvalue weighted by Crippen LogP contribution is 2.27. The zero-order valence-electron chi connectivity index (χ0n) is 16.3. The standard InChI is InChI=1S/C19H25N5O4/c1-4-23-10-14(19(27)28-5-2)16(26)13-8-15(20)18(22-17(13)23)24-7-6-12(9-24)21-11(3)25/h8,10,12H,4-7,9,20H2,1-3H3,(H,21,25). The third-order valence-electron chi connectivity index (χ3n) is 4.79. The van der Waals surface area contributed by atoms with E-state index in [4.69, 9.17) is 10.5 Å². The van der Waals surface area contributed by atoms with Crippen LogP contribution < -0.4 is 21.4 Å². The number of hydrogen-bond acceptors (Lipinski definition) is 7. The van der Waals surface area contributed by atoms with Gasteiger partial charge in [0.15, 0.2) is 5.82 Å². The van der Waals surface area contributed by atoms with E-state index < -0.39 is 11.4 Å². The first-order valence-corrected chi connectivity index (χ1v) is 9.38. The van der Waals surface area contributed by atoms with Crippen LogP contribution in [0, 0.1) is 0 Å². The molecular weight excluding hydrogens is 362 g/mol. The Hall–Kier alpha value is -3.10. The first kappa shape index (κ1) is 19.7. The Labute approximate surface area is 162 Å². The number of nitrogen functional groups attached to an aromatic ring is 1. The fraction of sp³-hybridized carbons (Fsp3) is 0.474. The van der Waals surface area contributed by atoms with Gasteiger partial charge in [0.05, 0.1) is 17.7 Å². The molecule has 0 aromatic carbocycles. The predicted octanol–water partition coefficient (Wildman–Crippen LogP) is 0.890. The number of rotatable bonds is 5. The lowest BCUT2D eigenvalue weighted by atomic mass is 10.1. The van der Waals surface area contributed by atoms with Crippen LogP contribution in [0.15, 0.2) is 17.1 Å². The van der Waals surface area contributed by atoms with E-state index in [0.717, 1.165) is 6.42 Å². The molecule has 1 unspecified atom stereocenters. The van der Waals surface area contributed by atoms with Gasteiger partial charge in [-0.25, -0.2) is 9.78 Å². The van der Waals surface area contributed by atoms with Gasteiger partial charge in [0, 0.05) is 38.8 Å². The van der Waals surface area contributed by atoms with Crippen molar-refractivity contribution in [3.63, 3.8) is 0 Å². The molecule has 3 heterocycles. The molecule has 1 amide bonds. The molecule has 0 spiro atoms. The first-order chi connectivity index (χ1) is 13.3. The highest BCUT2D eigenvalue weighted by Gasteiger charge is 2.27. The number of carbonyl (C=O) groups is 2. The Morgan fingerprint density at radius 3 is 2.79 bits per heavy atom. The van der Waals surface area contributed by atoms with Crippen molar-refractivity contribution in [2.45, 2.75) is 39.8 Å². The monoisotopic (exact) mass is 387 g/mol. The second-order valence-electron chi connectivity index (χ2n) is 6.78. The summed E-state index contributed by atoms with van der Waals surface area (Å²) in [6.45, 7) is 7.09. The number of aromatic nitrogens is 2. The summed E-state index contributed by atoms with van der Waals surface area (Å²) in [6, 6.07) is 1.61. The number of anilines is 2. The highest BCUT2D eigenvalue weighted by molar-refractivity contribution is 5.94. The SMILES string of the molecule is CCOC(=O)c1cn(CC)c2nc(N3CCC(NC(C)=O)C3)c(N)cc2c1=O. The molecule has 1 aliphatic rings. The summed E-state index contributed by atoms with van der Waals surface area (Å²) in [4.78, 5) is 42.9. The lowest BCUT2D eigenvalue weighted by molar-refractivity contribution is -0.119. The van der Waals surface area contributed by atoms with Crippen LogP contribution in [0.3, 0.4) is 0 Å². The smallest absolute Gasteiger partial charge is 0.343 e. The molecule has 1 saturated heterocycles. The number of carbonyl (C=O) groups excluding carboxylic acids is 2. The minimum Gasteiger partial charge on any atom is -0.462 e. The van der Waals surface area contributed by atoms with E-state index in [2.05, 4.69) is 10.3 Å². The molecule has 0 aliphatic carbocycles. The van der Waals surface area contributed by atoms with Crippen molar-refractivity contribution in [2.75, 3.05) is 30.3 Å². The summed E-state index contributed by atoms with van der Waals surface area (Å²) in [7, 11) is 0. The number of hydrogen-bond donors (Lipinski definition) is 2. The maximum Gasteiger partial charge on any atom is 0.343 e. The van der Waals surface area contributed by atoms with E-state index in [1.165, 1.54) is 13.1 Å². The zero-order chi connectivity index (χ0) is 20.4. The molecule has 3 rings (SSSR count). The lowest BCUT2D eigenvalue weighted by Gasteiger charge is -2.21. The molecule has 1 aliphatic heterocycles. The Bertz CT molecular complexity index is 984. The van der Waals surface area contributed by atoms with E-state index in [9.17, 15) is 14.4 Å². The maximum absolute atomic E-state index is 12.8. The van der Waals surface area contributed by atoms with Crippen molar-refractivity contribution in [1.82, 2.24) is 14.9 Å². The number of esters is 1. The van der Waals surface area contributed by atoms with Gasteiger partial charge >= 0.3 is 5.97 Å². The van der Waals surface area contributed by atoms with Crippen LogP contribution in [0.5, 0.6) is 0 Å². The number of amides is 1. The minimum absolute atomic E-state index is 0.0305. The van der Waals surface area contributed by atoms with Gasteiger partial charge in [-0.15, -0.1) is 0 Å². The Balaban J connectivity index is 2.06. The normalized spacial score (nSPS) is 16.4. The van der Waals surface area contributed by atoms with Gasteiger partial charge in [0.2, 0.25) is 11.3 Å². The van der Waals surface area contributed by atoms with Gasteiger partial charge in [-0.1, -0.05) is 0 Å². The molecule has 28 heavy (non-hydrogen) atoms. The number of nitrogens with two attached hydrogens (primary N) is 1. The summed E-state index contributed by atoms with van der Waals surface area (Å²) in [5.41, 5.74) is 6.55. The van der Waals surface area contributed by atoms with Crippen molar-refractivity contribution in [2.24, 2.45) is 0 Å². The zero-order valence-corrected chi connectivity index (χ0v) is 16.3. The van der Waals surface area contributed by atoms with Crippen LogP contribution >= 0.6 is 0 Å². The topological polar surface area (TPSA) is 120 Å². The summed E-state index contributed by atoms with van der Waals surface area (Å²) in [5, 5.41) is 3.19. The molecular formula is C19H25N5O4. The van der Waals surface area contributed by atoms with Crippen molar-refractivity contribution >= 4 is 34.4 Å². The van der Waals surface area contributed by atoms with Crippen molar-refractivity contribution in [1.29, 1.82) is 0 Å². The number of nitrogens with zero attached hydrogens (tertiary/aromatic N) is 3. The molecule has 2 aromatic heterocycles. The van der Waals surface area contributed by atoms with Gasteiger partial charge in [-0.2, -0.15) is 0 Å². The molecule has 0 bridgehead atoms. The Morgan fingerprint density at radius 1 is 1.39 bits per heavy atom. The van der Waals surface area contributed by atoms with Crippen LogP contribution in [0.2, 0.25) is 0 Å². The van der Waals surface area contributed by atoms with Crippen LogP contribution in [0.1, 0.15) is 37.6 Å². The van der Waals surface area contributed by atoms with Crippen LogP contribution in [-0.4, -0.2) is 47.2 Å². The number of pyridine rings is 2. The van der Waals surface area contributed by atoms with Gasteiger partial charge in [0.1, 0.15) is 11.2 Å². The molecule has 150 valence electrons. The molecule has 3 N–H and O–H groups in total. The van der Waals surface area contributed by atoms with Crippen LogP contribution in [0.25, 0.3) is 11.0 Å². The van der Waals surface area contributed by atoms with Gasteiger partial charge < -0.3 is 25.3 Å². The summed E-state index contributed by atoms with van der Waals surface area (Å²) >= 11 is 0. The van der Waals surface area contributed by atoms with Crippen molar-refractivity contribution in [3.8, 4) is 0 Å². The number of ether oxygens (including phenoxy) is 1. The predicted molar refractivity (Wildman–Crippen MR) is 106 cm³/mol. The minimum atomic E-state index is -0.656. The maximum atomic E-state index is 12.8. The second-order valence-corrected chi connectivity index (χ2v) is 6.78. The van der Waals surface area contributed by atoms with Crippen LogP contribution in [0.4, 0.5) is 11.5 Å². The first-order valence-electron chi connectivity index (χ1n) is 9.38. The quantitative estimate of drug-likeness (QED) is 0.731. The van der Waals surface area contributed by atoms with Crippen molar-refractivity contribution < 1.29 is 14.3 Å². The third-order valence-corrected chi connectivity index (χ3v) is 4.79. The van der Waals surface area contributed by atoms with E-state index in [1.54, 1.807) is 17.6 Å². The number of nitrogens with one attached hydrogen (secondary N) is 1. The lowest BCUT2D eigenvalue weighted by Crippen LogP contribution is -2.35. The summed E-state index contributed by atoms with van der Waals surface area (Å²) in [6.07, 6.45) is 2.28. The molecule has 1 fully saturated rings. The van der Waals surface area contributed by atoms with E-state index in [-0.39, 0.29) is 29.5 Å². The highest BCUT2D eigenvalue weighted by atomic mass is 16.5. The molecule has 2 aromatic rings. The van der Waals surface area contributed by atoms with Crippen molar-refractivity contribution in [3.05, 3.63) is 28.0 Å². The molecule has 0 radical (unpaired) electrons. The number of aryl methyl sites for hydroxylation is 1. The van der Waals surface area contributed by atoms with Crippen LogP contribution in [-0.2, 0) is 16.1 Å². The summed E-state index contributed by atoms with van der Waals surface area (Å²) in [5.74, 6) is -0.152. The molecule has 9 nitrogen and oxygen atoms in total. The third kappa shape index (κ3) is 3.64. The average Bonchev–Trinajstić information content (AvgIpc) is 3.09. The fourth-order valence-electron chi connectivity index (χ4n) is 3.52. The Morgan fingerprint density at radius 2 is 2.14 bits per heavy atom. The van der Waals surface area contributed by atoms with Gasteiger partial charge in [0.25, 0.3) is 0 Å². The van der Waals surface area contributed by atoms with E-state index in [1.807, 2.05) is 11.8 Å². The summed E-state index contributed by atoms with van der Waals surface area (Å²) < 4.78 is 6.73. The van der Waals surface area contributed by atoms with Gasteiger partial charge in [-0.05, 0) is 26.3 Å². The molecule has 1 atom stereocenters. The Kier molecular flexibility index (Phi) is 5.53. The van der Waals surface area contributed by atoms with Gasteiger partial charge in [-0.3, -0.25) is 9.59 Å². The number of fused-ring (bicyclic) bond motifs is 1. The fourth-order valence-corrected chi connectivity index (χ4v) is 3.52. The molecule has 9 heteroatoms.